The van der Waals surface area contributed by atoms with E-state index in [0.29, 0.717) is 25.1 Å². The molecule has 0 saturated carbocycles. The topological polar surface area (TPSA) is 125 Å². The number of carbonyl (C=O) groups is 1. The van der Waals surface area contributed by atoms with Crippen LogP contribution in [0.15, 0.2) is 6.33 Å². The van der Waals surface area contributed by atoms with Crippen LogP contribution in [0, 0.1) is 0 Å². The lowest BCUT2D eigenvalue weighted by Gasteiger charge is -2.02. The van der Waals surface area contributed by atoms with E-state index in [1.165, 1.54) is 6.33 Å². The number of amides is 1. The van der Waals surface area contributed by atoms with Crippen molar-refractivity contribution in [1.29, 1.82) is 0 Å². The molecular weight excluding hydrogens is 234 g/mol. The van der Waals surface area contributed by atoms with Crippen LogP contribution in [0.3, 0.4) is 0 Å². The van der Waals surface area contributed by atoms with Crippen molar-refractivity contribution in [3.63, 3.8) is 0 Å². The standard InChI is InChI=1S/C10H15N7O/c1-2-6-8(11)9(17-15-6)10(18)12-4-3-7-13-5-14-16-7/h5H,2-4,11H2,1H3,(H,12,18)(H,15,17)(H,13,14,16). The summed E-state index contributed by atoms with van der Waals surface area (Å²) in [5.74, 6) is 0.433. The second kappa shape index (κ2) is 5.30. The molecule has 0 atom stereocenters. The number of aromatic amines is 2. The number of anilines is 1. The lowest BCUT2D eigenvalue weighted by Crippen LogP contribution is -2.27. The molecule has 1 amide bonds. The number of rotatable bonds is 5. The van der Waals surface area contributed by atoms with Gasteiger partial charge in [0.2, 0.25) is 0 Å². The molecule has 8 heteroatoms. The zero-order valence-electron chi connectivity index (χ0n) is 10.0. The van der Waals surface area contributed by atoms with Gasteiger partial charge in [-0.3, -0.25) is 15.0 Å². The zero-order chi connectivity index (χ0) is 13.0. The van der Waals surface area contributed by atoms with Gasteiger partial charge in [0.1, 0.15) is 12.2 Å². The predicted molar refractivity (Wildman–Crippen MR) is 64.8 cm³/mol. The molecule has 0 unspecified atom stereocenters. The Morgan fingerprint density at radius 1 is 1.50 bits per heavy atom. The monoisotopic (exact) mass is 249 g/mol. The maximum atomic E-state index is 11.8. The van der Waals surface area contributed by atoms with Crippen LogP contribution >= 0.6 is 0 Å². The number of nitrogens with zero attached hydrogens (tertiary/aromatic N) is 3. The molecule has 2 aromatic heterocycles. The van der Waals surface area contributed by atoms with Crippen LogP contribution in [0.1, 0.15) is 28.9 Å². The molecule has 2 rings (SSSR count). The second-order valence-corrected chi connectivity index (χ2v) is 3.76. The summed E-state index contributed by atoms with van der Waals surface area (Å²) < 4.78 is 0. The van der Waals surface area contributed by atoms with Gasteiger partial charge in [-0.15, -0.1) is 0 Å². The molecule has 5 N–H and O–H groups in total. The summed E-state index contributed by atoms with van der Waals surface area (Å²) in [5.41, 5.74) is 7.22. The summed E-state index contributed by atoms with van der Waals surface area (Å²) in [5, 5.41) is 15.8. The molecule has 0 radical (unpaired) electrons. The molecule has 8 nitrogen and oxygen atoms in total. The average molecular weight is 249 g/mol. The number of nitrogen functional groups attached to an aromatic ring is 1. The molecule has 0 spiro atoms. The summed E-state index contributed by atoms with van der Waals surface area (Å²) >= 11 is 0. The Hall–Kier alpha value is -2.38. The van der Waals surface area contributed by atoms with E-state index in [2.05, 4.69) is 30.7 Å². The first-order chi connectivity index (χ1) is 8.72. The van der Waals surface area contributed by atoms with Crippen LogP contribution in [0.25, 0.3) is 0 Å². The number of nitrogens with one attached hydrogen (secondary N) is 3. The highest BCUT2D eigenvalue weighted by Gasteiger charge is 2.15. The smallest absolute Gasteiger partial charge is 0.273 e. The van der Waals surface area contributed by atoms with E-state index in [1.54, 1.807) is 0 Å². The molecule has 2 aromatic rings. The van der Waals surface area contributed by atoms with Crippen LogP contribution < -0.4 is 11.1 Å². The number of aryl methyl sites for hydroxylation is 1. The van der Waals surface area contributed by atoms with E-state index >= 15 is 0 Å². The van der Waals surface area contributed by atoms with Gasteiger partial charge in [0.25, 0.3) is 5.91 Å². The van der Waals surface area contributed by atoms with Crippen molar-refractivity contribution >= 4 is 11.6 Å². The summed E-state index contributed by atoms with van der Waals surface area (Å²) in [6, 6.07) is 0. The Morgan fingerprint density at radius 2 is 2.33 bits per heavy atom. The van der Waals surface area contributed by atoms with E-state index in [1.807, 2.05) is 6.92 Å². The van der Waals surface area contributed by atoms with E-state index < -0.39 is 0 Å². The Kier molecular flexibility index (Phi) is 3.56. The van der Waals surface area contributed by atoms with Crippen LogP contribution in [-0.2, 0) is 12.8 Å². The van der Waals surface area contributed by atoms with Gasteiger partial charge in [0.15, 0.2) is 5.69 Å². The summed E-state index contributed by atoms with van der Waals surface area (Å²) in [6.07, 6.45) is 2.72. The third kappa shape index (κ3) is 2.47. The second-order valence-electron chi connectivity index (χ2n) is 3.76. The first-order valence-corrected chi connectivity index (χ1v) is 5.67. The molecule has 0 bridgehead atoms. The molecule has 0 aliphatic heterocycles. The highest BCUT2D eigenvalue weighted by molar-refractivity contribution is 5.97. The number of hydrogen-bond acceptors (Lipinski definition) is 5. The Balaban J connectivity index is 1.89. The lowest BCUT2D eigenvalue weighted by molar-refractivity contribution is 0.0950. The van der Waals surface area contributed by atoms with Crippen LogP contribution in [0.5, 0.6) is 0 Å². The normalized spacial score (nSPS) is 10.5. The summed E-state index contributed by atoms with van der Waals surface area (Å²) in [6.45, 7) is 2.39. The van der Waals surface area contributed by atoms with Gasteiger partial charge in [-0.1, -0.05) is 6.92 Å². The molecule has 0 aromatic carbocycles. The Labute approximate surface area is 103 Å². The SMILES string of the molecule is CCc1[nH]nc(C(=O)NCCc2ncn[nH]2)c1N. The summed E-state index contributed by atoms with van der Waals surface area (Å²) in [4.78, 5) is 15.8. The van der Waals surface area contributed by atoms with E-state index in [0.717, 1.165) is 11.5 Å². The number of nitrogens with two attached hydrogens (primary N) is 1. The van der Waals surface area contributed by atoms with Gasteiger partial charge in [-0.25, -0.2) is 4.98 Å². The predicted octanol–water partition coefficient (Wildman–Crippen LogP) is -0.355. The minimum absolute atomic E-state index is 0.240. The first kappa shape index (κ1) is 12.1. The number of H-pyrrole nitrogens is 2. The van der Waals surface area contributed by atoms with Gasteiger partial charge in [-0.05, 0) is 6.42 Å². The molecule has 0 aliphatic rings. The van der Waals surface area contributed by atoms with Crippen LogP contribution in [0.2, 0.25) is 0 Å². The molecule has 2 heterocycles. The fourth-order valence-electron chi connectivity index (χ4n) is 1.56. The van der Waals surface area contributed by atoms with Crippen LogP contribution in [-0.4, -0.2) is 37.8 Å². The molecular formula is C10H15N7O. The highest BCUT2D eigenvalue weighted by Crippen LogP contribution is 2.13. The number of carbonyl (C=O) groups excluding carboxylic acids is 1. The molecule has 96 valence electrons. The van der Waals surface area contributed by atoms with Crippen molar-refractivity contribution in [2.24, 2.45) is 0 Å². The van der Waals surface area contributed by atoms with Crippen LogP contribution in [0.4, 0.5) is 5.69 Å². The largest absolute Gasteiger partial charge is 0.395 e. The maximum absolute atomic E-state index is 11.8. The zero-order valence-corrected chi connectivity index (χ0v) is 10.0. The maximum Gasteiger partial charge on any atom is 0.273 e. The van der Waals surface area contributed by atoms with Gasteiger partial charge in [0, 0.05) is 13.0 Å². The van der Waals surface area contributed by atoms with Crippen molar-refractivity contribution < 1.29 is 4.79 Å². The van der Waals surface area contributed by atoms with E-state index in [9.17, 15) is 4.79 Å². The quantitative estimate of drug-likeness (QED) is 0.576. The van der Waals surface area contributed by atoms with Crippen molar-refractivity contribution in [3.8, 4) is 0 Å². The molecule has 0 saturated heterocycles. The van der Waals surface area contributed by atoms with E-state index in [4.69, 9.17) is 5.73 Å². The van der Waals surface area contributed by atoms with Crippen molar-refractivity contribution in [2.45, 2.75) is 19.8 Å². The fraction of sp³-hybridized carbons (Fsp3) is 0.400. The average Bonchev–Trinajstić information content (AvgIpc) is 2.98. The van der Waals surface area contributed by atoms with Crippen molar-refractivity contribution in [2.75, 3.05) is 12.3 Å². The van der Waals surface area contributed by atoms with Gasteiger partial charge < -0.3 is 11.1 Å². The fourth-order valence-corrected chi connectivity index (χ4v) is 1.56. The van der Waals surface area contributed by atoms with Crippen molar-refractivity contribution in [3.05, 3.63) is 23.5 Å². The number of aromatic nitrogens is 5. The Morgan fingerprint density at radius 3 is 2.94 bits per heavy atom. The van der Waals surface area contributed by atoms with Gasteiger partial charge in [0.05, 0.1) is 11.4 Å². The van der Waals surface area contributed by atoms with E-state index in [-0.39, 0.29) is 11.6 Å². The Bertz CT molecular complexity index is 516. The number of hydrogen-bond donors (Lipinski definition) is 4. The highest BCUT2D eigenvalue weighted by atomic mass is 16.1. The minimum Gasteiger partial charge on any atom is -0.395 e. The van der Waals surface area contributed by atoms with Crippen molar-refractivity contribution in [1.82, 2.24) is 30.7 Å². The third-order valence-corrected chi connectivity index (χ3v) is 2.56. The van der Waals surface area contributed by atoms with Gasteiger partial charge >= 0.3 is 0 Å². The van der Waals surface area contributed by atoms with Gasteiger partial charge in [-0.2, -0.15) is 10.2 Å². The minimum atomic E-state index is -0.289. The lowest BCUT2D eigenvalue weighted by atomic mass is 10.2. The molecule has 18 heavy (non-hydrogen) atoms. The molecule has 0 aliphatic carbocycles. The molecule has 0 fully saturated rings. The first-order valence-electron chi connectivity index (χ1n) is 5.67. The third-order valence-electron chi connectivity index (χ3n) is 2.56. The summed E-state index contributed by atoms with van der Waals surface area (Å²) in [7, 11) is 0.